The Kier molecular flexibility index (Phi) is 5.85. The number of ether oxygens (including phenoxy) is 1. The lowest BCUT2D eigenvalue weighted by molar-refractivity contribution is -0.117. The van der Waals surface area contributed by atoms with Crippen molar-refractivity contribution in [1.29, 1.82) is 0 Å². The molecule has 2 amide bonds. The summed E-state index contributed by atoms with van der Waals surface area (Å²) in [5.41, 5.74) is 2.43. The third-order valence-electron chi connectivity index (χ3n) is 5.08. The second-order valence-electron chi connectivity index (χ2n) is 7.34. The number of amides is 2. The number of anilines is 1. The van der Waals surface area contributed by atoms with E-state index < -0.39 is 0 Å². The molecule has 0 bridgehead atoms. The molecule has 1 aromatic heterocycles. The Morgan fingerprint density at radius 1 is 1.23 bits per heavy atom. The summed E-state index contributed by atoms with van der Waals surface area (Å²) in [6, 6.07) is 10.3. The molecule has 0 saturated heterocycles. The molecule has 9 nitrogen and oxygen atoms in total. The molecule has 0 aliphatic heterocycles. The molecule has 1 saturated carbocycles. The molecule has 31 heavy (non-hydrogen) atoms. The van der Waals surface area contributed by atoms with Crippen LogP contribution in [0.15, 0.2) is 42.7 Å². The van der Waals surface area contributed by atoms with Crippen molar-refractivity contribution in [2.75, 3.05) is 12.4 Å². The molecule has 0 spiro atoms. The first kappa shape index (κ1) is 20.8. The summed E-state index contributed by atoms with van der Waals surface area (Å²) >= 11 is 6.35. The number of methoxy groups -OCH3 is 1. The Balaban J connectivity index is 1.47. The predicted octanol–water partition coefficient (Wildman–Crippen LogP) is 3.16. The summed E-state index contributed by atoms with van der Waals surface area (Å²) in [4.78, 5) is 24.8. The van der Waals surface area contributed by atoms with Crippen LogP contribution < -0.4 is 15.4 Å². The van der Waals surface area contributed by atoms with Crippen LogP contribution >= 0.6 is 11.6 Å². The molecule has 1 aliphatic rings. The average molecular weight is 441 g/mol. The number of halogens is 1. The Bertz CT molecular complexity index is 1100. The molecule has 2 N–H and O–H groups in total. The second-order valence-corrected chi connectivity index (χ2v) is 7.75. The molecular weight excluding hydrogens is 420 g/mol. The van der Waals surface area contributed by atoms with Gasteiger partial charge in [-0.25, -0.2) is 0 Å². The number of nitrogens with zero attached hydrogens (tertiary/aromatic N) is 4. The SMILES string of the molecule is COc1cc(-n2cnnn2)c(Cl)cc1C(=O)NC(C)c1ccc(NC(=O)C2CC2)cc1. The number of hydrogen-bond acceptors (Lipinski definition) is 6. The molecule has 10 heteroatoms. The molecule has 0 radical (unpaired) electrons. The highest BCUT2D eigenvalue weighted by atomic mass is 35.5. The smallest absolute Gasteiger partial charge is 0.255 e. The third-order valence-corrected chi connectivity index (χ3v) is 5.39. The van der Waals surface area contributed by atoms with Crippen LogP contribution in [0, 0.1) is 5.92 Å². The Morgan fingerprint density at radius 2 is 1.97 bits per heavy atom. The minimum atomic E-state index is -0.333. The molecule has 1 aliphatic carbocycles. The summed E-state index contributed by atoms with van der Waals surface area (Å²) < 4.78 is 6.77. The van der Waals surface area contributed by atoms with E-state index >= 15 is 0 Å². The minimum absolute atomic E-state index is 0.0585. The monoisotopic (exact) mass is 440 g/mol. The first-order valence-electron chi connectivity index (χ1n) is 9.79. The van der Waals surface area contributed by atoms with E-state index in [1.54, 1.807) is 6.07 Å². The summed E-state index contributed by atoms with van der Waals surface area (Å²) in [5, 5.41) is 17.1. The van der Waals surface area contributed by atoms with Crippen molar-refractivity contribution in [3.8, 4) is 11.4 Å². The first-order chi connectivity index (χ1) is 15.0. The van der Waals surface area contributed by atoms with Gasteiger partial charge in [0.05, 0.1) is 29.4 Å². The van der Waals surface area contributed by atoms with Crippen molar-refractivity contribution in [2.45, 2.75) is 25.8 Å². The Labute approximate surface area is 183 Å². The van der Waals surface area contributed by atoms with E-state index in [-0.39, 0.29) is 23.8 Å². The number of nitrogens with one attached hydrogen (secondary N) is 2. The van der Waals surface area contributed by atoms with E-state index in [9.17, 15) is 9.59 Å². The van der Waals surface area contributed by atoms with Crippen LogP contribution in [0.4, 0.5) is 5.69 Å². The standard InChI is InChI=1S/C21H21ClN6O3/c1-12(13-5-7-15(8-6-13)25-20(29)14-3-4-14)24-21(30)16-9-17(22)18(10-19(16)31-2)28-11-23-26-27-28/h5-12,14H,3-4H2,1-2H3,(H,24,30)(H,25,29). The number of carbonyl (C=O) groups excluding carboxylic acids is 2. The molecular formula is C21H21ClN6O3. The largest absolute Gasteiger partial charge is 0.496 e. The maximum Gasteiger partial charge on any atom is 0.255 e. The quantitative estimate of drug-likeness (QED) is 0.583. The van der Waals surface area contributed by atoms with Crippen LogP contribution in [0.3, 0.4) is 0 Å². The van der Waals surface area contributed by atoms with Gasteiger partial charge in [0.15, 0.2) is 0 Å². The van der Waals surface area contributed by atoms with Gasteiger partial charge in [0.25, 0.3) is 5.91 Å². The van der Waals surface area contributed by atoms with E-state index in [0.29, 0.717) is 22.0 Å². The zero-order chi connectivity index (χ0) is 22.0. The molecule has 1 unspecified atom stereocenters. The first-order valence-corrected chi connectivity index (χ1v) is 10.2. The highest BCUT2D eigenvalue weighted by molar-refractivity contribution is 6.33. The molecule has 1 heterocycles. The summed E-state index contributed by atoms with van der Waals surface area (Å²) in [6.07, 6.45) is 3.31. The Morgan fingerprint density at radius 3 is 2.58 bits per heavy atom. The lowest BCUT2D eigenvalue weighted by atomic mass is 10.1. The van der Waals surface area contributed by atoms with Crippen molar-refractivity contribution < 1.29 is 14.3 Å². The second kappa shape index (κ2) is 8.73. The summed E-state index contributed by atoms with van der Waals surface area (Å²) in [5.74, 6) is 0.216. The number of rotatable bonds is 7. The van der Waals surface area contributed by atoms with Crippen LogP contribution in [0.1, 0.15) is 41.7 Å². The van der Waals surface area contributed by atoms with Gasteiger partial charge in [0.1, 0.15) is 12.1 Å². The highest BCUT2D eigenvalue weighted by Gasteiger charge is 2.29. The van der Waals surface area contributed by atoms with Gasteiger partial charge < -0.3 is 15.4 Å². The van der Waals surface area contributed by atoms with Crippen LogP contribution in [0.5, 0.6) is 5.75 Å². The van der Waals surface area contributed by atoms with E-state index in [2.05, 4.69) is 26.2 Å². The van der Waals surface area contributed by atoms with Crippen LogP contribution in [0.2, 0.25) is 5.02 Å². The van der Waals surface area contributed by atoms with Gasteiger partial charge in [-0.1, -0.05) is 23.7 Å². The van der Waals surface area contributed by atoms with Gasteiger partial charge in [-0.05, 0) is 54.0 Å². The van der Waals surface area contributed by atoms with Crippen LogP contribution in [-0.2, 0) is 4.79 Å². The number of tetrazole rings is 1. The normalized spacial score (nSPS) is 14.0. The third kappa shape index (κ3) is 4.66. The van der Waals surface area contributed by atoms with Gasteiger partial charge in [0, 0.05) is 17.7 Å². The predicted molar refractivity (Wildman–Crippen MR) is 114 cm³/mol. The zero-order valence-electron chi connectivity index (χ0n) is 17.0. The maximum atomic E-state index is 12.9. The van der Waals surface area contributed by atoms with E-state index in [4.69, 9.17) is 16.3 Å². The topological polar surface area (TPSA) is 111 Å². The van der Waals surface area contributed by atoms with Crippen molar-refractivity contribution in [3.63, 3.8) is 0 Å². The fourth-order valence-corrected chi connectivity index (χ4v) is 3.39. The molecule has 1 fully saturated rings. The fourth-order valence-electron chi connectivity index (χ4n) is 3.14. The minimum Gasteiger partial charge on any atom is -0.496 e. The average Bonchev–Trinajstić information content (AvgIpc) is 3.49. The molecule has 4 rings (SSSR count). The lowest BCUT2D eigenvalue weighted by Crippen LogP contribution is -2.27. The number of aromatic nitrogens is 4. The summed E-state index contributed by atoms with van der Waals surface area (Å²) in [6.45, 7) is 1.87. The maximum absolute atomic E-state index is 12.9. The van der Waals surface area contributed by atoms with E-state index in [1.165, 1.54) is 24.2 Å². The number of carbonyl (C=O) groups is 2. The van der Waals surface area contributed by atoms with Gasteiger partial charge in [0.2, 0.25) is 5.91 Å². The highest BCUT2D eigenvalue weighted by Crippen LogP contribution is 2.31. The molecule has 3 aromatic rings. The van der Waals surface area contributed by atoms with Crippen molar-refractivity contribution >= 4 is 29.1 Å². The zero-order valence-corrected chi connectivity index (χ0v) is 17.8. The fraction of sp³-hybridized carbons (Fsp3) is 0.286. The van der Waals surface area contributed by atoms with Crippen LogP contribution in [0.25, 0.3) is 5.69 Å². The molecule has 160 valence electrons. The Hall–Kier alpha value is -3.46. The van der Waals surface area contributed by atoms with E-state index in [0.717, 1.165) is 24.1 Å². The van der Waals surface area contributed by atoms with Gasteiger partial charge >= 0.3 is 0 Å². The van der Waals surface area contributed by atoms with E-state index in [1.807, 2.05) is 31.2 Å². The summed E-state index contributed by atoms with van der Waals surface area (Å²) in [7, 11) is 1.47. The molecule has 1 atom stereocenters. The van der Waals surface area contributed by atoms with Crippen LogP contribution in [-0.4, -0.2) is 39.1 Å². The van der Waals surface area contributed by atoms with Gasteiger partial charge in [-0.2, -0.15) is 4.68 Å². The number of hydrogen-bond donors (Lipinski definition) is 2. The number of benzene rings is 2. The molecule has 2 aromatic carbocycles. The van der Waals surface area contributed by atoms with Gasteiger partial charge in [-0.15, -0.1) is 5.10 Å². The lowest BCUT2D eigenvalue weighted by Gasteiger charge is -2.17. The van der Waals surface area contributed by atoms with Crippen molar-refractivity contribution in [1.82, 2.24) is 25.5 Å². The van der Waals surface area contributed by atoms with Crippen molar-refractivity contribution in [3.05, 3.63) is 58.9 Å². The van der Waals surface area contributed by atoms with Crippen molar-refractivity contribution in [2.24, 2.45) is 5.92 Å². The van der Waals surface area contributed by atoms with Gasteiger partial charge in [-0.3, -0.25) is 9.59 Å².